The lowest BCUT2D eigenvalue weighted by Crippen LogP contribution is -2.27. The maximum Gasteiger partial charge on any atom is 0.252 e. The minimum absolute atomic E-state index is 0.184. The van der Waals surface area contributed by atoms with Gasteiger partial charge in [-0.05, 0) is 50.6 Å². The summed E-state index contributed by atoms with van der Waals surface area (Å²) >= 11 is 1.56. The predicted molar refractivity (Wildman–Crippen MR) is 117 cm³/mol. The summed E-state index contributed by atoms with van der Waals surface area (Å²) in [4.78, 5) is 14.0. The molecule has 0 radical (unpaired) electrons. The lowest BCUT2D eigenvalue weighted by Gasteiger charge is -2.16. The summed E-state index contributed by atoms with van der Waals surface area (Å²) in [5, 5.41) is 6.97. The average Bonchev–Trinajstić information content (AvgIpc) is 3.03. The van der Waals surface area contributed by atoms with Crippen LogP contribution in [0.25, 0.3) is 0 Å². The largest absolute Gasteiger partial charge is 0.361 e. The molecule has 2 aromatic carbocycles. The normalized spacial score (nSPS) is 12.5. The molecule has 1 unspecified atom stereocenters. The molecular formula is C22H24N2O4S2. The Morgan fingerprint density at radius 1 is 1.13 bits per heavy atom. The van der Waals surface area contributed by atoms with Gasteiger partial charge in [-0.15, -0.1) is 11.8 Å². The molecule has 1 atom stereocenters. The van der Waals surface area contributed by atoms with E-state index in [-0.39, 0.29) is 16.8 Å². The number of nitrogens with one attached hydrogen (secondary N) is 1. The van der Waals surface area contributed by atoms with Gasteiger partial charge in [0.1, 0.15) is 5.76 Å². The molecule has 1 N–H and O–H groups in total. The maximum atomic E-state index is 12.9. The highest BCUT2D eigenvalue weighted by Gasteiger charge is 2.17. The first-order valence-electron chi connectivity index (χ1n) is 9.41. The highest BCUT2D eigenvalue weighted by molar-refractivity contribution is 7.98. The van der Waals surface area contributed by atoms with Gasteiger partial charge < -0.3 is 9.84 Å². The monoisotopic (exact) mass is 444 g/mol. The van der Waals surface area contributed by atoms with Gasteiger partial charge in [-0.2, -0.15) is 0 Å². The molecule has 0 saturated carbocycles. The second-order valence-electron chi connectivity index (χ2n) is 7.12. The van der Waals surface area contributed by atoms with Crippen molar-refractivity contribution in [2.24, 2.45) is 0 Å². The topological polar surface area (TPSA) is 89.3 Å². The van der Waals surface area contributed by atoms with E-state index >= 15 is 0 Å². The average molecular weight is 445 g/mol. The van der Waals surface area contributed by atoms with Crippen molar-refractivity contribution < 1.29 is 17.7 Å². The summed E-state index contributed by atoms with van der Waals surface area (Å²) in [6.45, 7) is 5.65. The van der Waals surface area contributed by atoms with Crippen molar-refractivity contribution in [1.29, 1.82) is 0 Å². The first-order valence-corrected chi connectivity index (χ1v) is 12.3. The van der Waals surface area contributed by atoms with Crippen molar-refractivity contribution in [3.8, 4) is 0 Å². The number of carbonyl (C=O) groups is 1. The number of nitrogens with zero attached hydrogens (tertiary/aromatic N) is 1. The zero-order chi connectivity index (χ0) is 21.9. The highest BCUT2D eigenvalue weighted by atomic mass is 32.2. The summed E-state index contributed by atoms with van der Waals surface area (Å²) < 4.78 is 28.5. The van der Waals surface area contributed by atoms with Gasteiger partial charge >= 0.3 is 0 Å². The third-order valence-corrected chi connectivity index (χ3v) is 7.07. The summed E-state index contributed by atoms with van der Waals surface area (Å²) in [5.74, 6) is 1.26. The SMILES string of the molecule is Cc1noc(C)c1CSc1ccccc1C(=O)NC(C)c1ccc(S(C)(=O)=O)cc1. The van der Waals surface area contributed by atoms with Gasteiger partial charge in [0.15, 0.2) is 9.84 Å². The molecule has 0 saturated heterocycles. The molecule has 0 aliphatic heterocycles. The Morgan fingerprint density at radius 3 is 2.40 bits per heavy atom. The highest BCUT2D eigenvalue weighted by Crippen LogP contribution is 2.29. The number of carbonyl (C=O) groups excluding carboxylic acids is 1. The van der Waals surface area contributed by atoms with Crippen LogP contribution in [0.2, 0.25) is 0 Å². The lowest BCUT2D eigenvalue weighted by molar-refractivity contribution is 0.0937. The predicted octanol–water partition coefficient (Wildman–Crippen LogP) is 4.48. The van der Waals surface area contributed by atoms with Crippen LogP contribution in [0.15, 0.2) is 62.8 Å². The van der Waals surface area contributed by atoms with Gasteiger partial charge in [0, 0.05) is 22.5 Å². The van der Waals surface area contributed by atoms with Crippen LogP contribution < -0.4 is 5.32 Å². The second kappa shape index (κ2) is 9.06. The van der Waals surface area contributed by atoms with E-state index in [1.165, 1.54) is 6.26 Å². The Hall–Kier alpha value is -2.58. The van der Waals surface area contributed by atoms with E-state index in [9.17, 15) is 13.2 Å². The Bertz CT molecular complexity index is 1130. The summed E-state index contributed by atoms with van der Waals surface area (Å²) in [6.07, 6.45) is 1.17. The van der Waals surface area contributed by atoms with Gasteiger partial charge in [-0.1, -0.05) is 29.4 Å². The maximum absolute atomic E-state index is 12.9. The molecule has 30 heavy (non-hydrogen) atoms. The molecule has 1 amide bonds. The molecule has 3 aromatic rings. The molecule has 6 nitrogen and oxygen atoms in total. The number of aryl methyl sites for hydroxylation is 2. The van der Waals surface area contributed by atoms with Crippen LogP contribution in [-0.4, -0.2) is 25.7 Å². The summed E-state index contributed by atoms with van der Waals surface area (Å²) in [7, 11) is -3.25. The van der Waals surface area contributed by atoms with Crippen molar-refractivity contribution in [2.75, 3.05) is 6.26 Å². The van der Waals surface area contributed by atoms with Crippen LogP contribution in [0.5, 0.6) is 0 Å². The van der Waals surface area contributed by atoms with Gasteiger partial charge in [0.2, 0.25) is 0 Å². The van der Waals surface area contributed by atoms with Gasteiger partial charge in [0.05, 0.1) is 22.2 Å². The number of sulfone groups is 1. The molecule has 0 bridgehead atoms. The van der Waals surface area contributed by atoms with E-state index in [1.54, 1.807) is 42.1 Å². The van der Waals surface area contributed by atoms with Crippen molar-refractivity contribution in [2.45, 2.75) is 42.4 Å². The smallest absolute Gasteiger partial charge is 0.252 e. The van der Waals surface area contributed by atoms with E-state index in [0.717, 1.165) is 27.5 Å². The second-order valence-corrected chi connectivity index (χ2v) is 10.2. The van der Waals surface area contributed by atoms with E-state index in [1.807, 2.05) is 39.0 Å². The number of hydrogen-bond acceptors (Lipinski definition) is 6. The number of benzene rings is 2. The molecular weight excluding hydrogens is 420 g/mol. The standard InChI is InChI=1S/C22H24N2O4S2/c1-14(17-9-11-18(12-10-17)30(4,26)27)23-22(25)19-7-5-6-8-21(19)29-13-20-15(2)24-28-16(20)3/h5-12,14H,13H2,1-4H3,(H,23,25). The molecule has 0 spiro atoms. The van der Waals surface area contributed by atoms with Crippen LogP contribution in [0.3, 0.4) is 0 Å². The molecule has 0 fully saturated rings. The van der Waals surface area contributed by atoms with E-state index in [0.29, 0.717) is 11.3 Å². The molecule has 0 aliphatic carbocycles. The third kappa shape index (κ3) is 5.12. The zero-order valence-corrected chi connectivity index (χ0v) is 18.9. The molecule has 1 aromatic heterocycles. The van der Waals surface area contributed by atoms with E-state index < -0.39 is 9.84 Å². The molecule has 158 valence electrons. The quantitative estimate of drug-likeness (QED) is 0.541. The number of amides is 1. The number of hydrogen-bond donors (Lipinski definition) is 1. The molecule has 0 aliphatic rings. The van der Waals surface area contributed by atoms with E-state index in [4.69, 9.17) is 4.52 Å². The number of aromatic nitrogens is 1. The van der Waals surface area contributed by atoms with Crippen LogP contribution in [0.1, 0.15) is 45.9 Å². The van der Waals surface area contributed by atoms with Crippen LogP contribution in [0, 0.1) is 13.8 Å². The molecule has 8 heteroatoms. The Labute approximate surface area is 181 Å². The van der Waals surface area contributed by atoms with Gasteiger partial charge in [-0.3, -0.25) is 4.79 Å². The fraction of sp³-hybridized carbons (Fsp3) is 0.273. The third-order valence-electron chi connectivity index (χ3n) is 4.84. The number of thioether (sulfide) groups is 1. The Balaban J connectivity index is 1.72. The van der Waals surface area contributed by atoms with Crippen molar-refractivity contribution in [3.05, 3.63) is 76.7 Å². The first kappa shape index (κ1) is 22.1. The van der Waals surface area contributed by atoms with Crippen molar-refractivity contribution in [1.82, 2.24) is 10.5 Å². The minimum atomic E-state index is -3.25. The number of rotatable bonds is 7. The van der Waals surface area contributed by atoms with Crippen LogP contribution in [-0.2, 0) is 15.6 Å². The lowest BCUT2D eigenvalue weighted by atomic mass is 10.1. The van der Waals surface area contributed by atoms with Crippen molar-refractivity contribution >= 4 is 27.5 Å². The zero-order valence-electron chi connectivity index (χ0n) is 17.3. The van der Waals surface area contributed by atoms with E-state index in [2.05, 4.69) is 10.5 Å². The Morgan fingerprint density at radius 2 is 1.80 bits per heavy atom. The summed E-state index contributed by atoms with van der Waals surface area (Å²) in [5.41, 5.74) is 3.31. The fourth-order valence-corrected chi connectivity index (χ4v) is 4.83. The first-order chi connectivity index (χ1) is 14.2. The summed E-state index contributed by atoms with van der Waals surface area (Å²) in [6, 6.07) is 13.7. The Kier molecular flexibility index (Phi) is 6.67. The van der Waals surface area contributed by atoms with Gasteiger partial charge in [0.25, 0.3) is 5.91 Å². The van der Waals surface area contributed by atoms with Crippen LogP contribution in [0.4, 0.5) is 0 Å². The van der Waals surface area contributed by atoms with Crippen LogP contribution >= 0.6 is 11.8 Å². The van der Waals surface area contributed by atoms with Gasteiger partial charge in [-0.25, -0.2) is 8.42 Å². The van der Waals surface area contributed by atoms with Crippen molar-refractivity contribution in [3.63, 3.8) is 0 Å². The molecule has 1 heterocycles. The minimum Gasteiger partial charge on any atom is -0.361 e. The fourth-order valence-electron chi connectivity index (χ4n) is 3.00. The molecule has 3 rings (SSSR count).